The molecule has 0 saturated carbocycles. The third-order valence-corrected chi connectivity index (χ3v) is 11.0. The standard InChI is InChI=1S/C35H51BrN4O5/c1-8-18-38(19-9-2)32(42)28-29-33(43)40(27(22-41)23(7)11-4)31(35(29)21-26(36)30(28)45-35)34(44)39(20-10-3)25-16-14-24(15-17-25)37(12-5)13-6/h8,10,14-17,23,26-31,41H,1,3,9,11-13,18-22H2,2,4-7H3/t23-,26?,27-,28+,29-,30+,31?,35?/m0/s1. The van der Waals surface area contributed by atoms with E-state index in [0.29, 0.717) is 31.6 Å². The van der Waals surface area contributed by atoms with E-state index in [1.807, 2.05) is 45.0 Å². The Kier molecular flexibility index (Phi) is 11.6. The Morgan fingerprint density at radius 1 is 1.09 bits per heavy atom. The lowest BCUT2D eigenvalue weighted by molar-refractivity contribution is -0.148. The Morgan fingerprint density at radius 2 is 1.71 bits per heavy atom. The van der Waals surface area contributed by atoms with Gasteiger partial charge in [-0.1, -0.05) is 55.3 Å². The van der Waals surface area contributed by atoms with Crippen molar-refractivity contribution in [2.24, 2.45) is 17.8 Å². The van der Waals surface area contributed by atoms with Gasteiger partial charge in [-0.15, -0.1) is 13.2 Å². The van der Waals surface area contributed by atoms with Crippen molar-refractivity contribution in [3.8, 4) is 0 Å². The molecule has 248 valence electrons. The maximum Gasteiger partial charge on any atom is 0.253 e. The Morgan fingerprint density at radius 3 is 2.24 bits per heavy atom. The first-order valence-electron chi connectivity index (χ1n) is 16.5. The molecule has 3 amide bonds. The van der Waals surface area contributed by atoms with Gasteiger partial charge in [-0.25, -0.2) is 0 Å². The van der Waals surface area contributed by atoms with Crippen LogP contribution in [0.5, 0.6) is 0 Å². The summed E-state index contributed by atoms with van der Waals surface area (Å²) in [4.78, 5) is 50.9. The Balaban J connectivity index is 1.84. The molecule has 0 radical (unpaired) electrons. The average molecular weight is 688 g/mol. The first-order valence-corrected chi connectivity index (χ1v) is 17.4. The summed E-state index contributed by atoms with van der Waals surface area (Å²) >= 11 is 3.78. The number of carbonyl (C=O) groups excluding carboxylic acids is 3. The minimum atomic E-state index is -1.22. The maximum atomic E-state index is 15.0. The van der Waals surface area contributed by atoms with Crippen molar-refractivity contribution < 1.29 is 24.2 Å². The van der Waals surface area contributed by atoms with Gasteiger partial charge in [-0.3, -0.25) is 14.4 Å². The monoisotopic (exact) mass is 686 g/mol. The zero-order valence-electron chi connectivity index (χ0n) is 27.5. The van der Waals surface area contributed by atoms with Crippen molar-refractivity contribution in [3.05, 3.63) is 49.6 Å². The quantitative estimate of drug-likeness (QED) is 0.201. The number of benzene rings is 1. The van der Waals surface area contributed by atoms with Gasteiger partial charge in [0.1, 0.15) is 11.6 Å². The number of hydrogen-bond acceptors (Lipinski definition) is 6. The molecular formula is C35H51BrN4O5. The highest BCUT2D eigenvalue weighted by Gasteiger charge is 2.77. The number of aliphatic hydroxyl groups excluding tert-OH is 1. The number of ether oxygens (including phenoxy) is 1. The first kappa shape index (κ1) is 35.2. The number of aliphatic hydroxyl groups is 1. The molecular weight excluding hydrogens is 636 g/mol. The number of nitrogens with zero attached hydrogens (tertiary/aromatic N) is 4. The number of likely N-dealkylation sites (tertiary alicyclic amines) is 1. The molecule has 0 aromatic heterocycles. The number of hydrogen-bond donors (Lipinski definition) is 1. The highest BCUT2D eigenvalue weighted by atomic mass is 79.9. The molecule has 0 aliphatic carbocycles. The highest BCUT2D eigenvalue weighted by Crippen LogP contribution is 2.61. The molecule has 1 aromatic rings. The molecule has 9 nitrogen and oxygen atoms in total. The third-order valence-electron chi connectivity index (χ3n) is 10.1. The van der Waals surface area contributed by atoms with Crippen LogP contribution in [0.15, 0.2) is 49.6 Å². The van der Waals surface area contributed by atoms with E-state index in [1.165, 1.54) is 0 Å². The minimum Gasteiger partial charge on any atom is -0.394 e. The maximum absolute atomic E-state index is 15.0. The highest BCUT2D eigenvalue weighted by molar-refractivity contribution is 9.09. The number of amides is 3. The van der Waals surface area contributed by atoms with Crippen LogP contribution in [0.2, 0.25) is 0 Å². The number of anilines is 2. The van der Waals surface area contributed by atoms with Gasteiger partial charge in [0.2, 0.25) is 11.8 Å². The van der Waals surface area contributed by atoms with Gasteiger partial charge < -0.3 is 29.4 Å². The molecule has 3 aliphatic rings. The predicted molar refractivity (Wildman–Crippen MR) is 182 cm³/mol. The second kappa shape index (κ2) is 14.8. The van der Waals surface area contributed by atoms with E-state index in [9.17, 15) is 19.5 Å². The molecule has 10 heteroatoms. The van der Waals surface area contributed by atoms with Crippen LogP contribution >= 0.6 is 15.9 Å². The van der Waals surface area contributed by atoms with Crippen molar-refractivity contribution in [1.82, 2.24) is 9.80 Å². The molecule has 1 N–H and O–H groups in total. The van der Waals surface area contributed by atoms with Crippen molar-refractivity contribution in [2.45, 2.75) is 82.5 Å². The lowest BCUT2D eigenvalue weighted by Gasteiger charge is -2.41. The van der Waals surface area contributed by atoms with E-state index < -0.39 is 35.6 Å². The Labute approximate surface area is 277 Å². The molecule has 3 aliphatic heterocycles. The molecule has 3 unspecified atom stereocenters. The van der Waals surface area contributed by atoms with Crippen molar-refractivity contribution >= 4 is 45.0 Å². The van der Waals surface area contributed by atoms with E-state index in [2.05, 4.69) is 47.8 Å². The number of halogens is 1. The Bertz CT molecular complexity index is 1240. The van der Waals surface area contributed by atoms with Gasteiger partial charge in [-0.2, -0.15) is 0 Å². The van der Waals surface area contributed by atoms with Crippen LogP contribution in [-0.2, 0) is 19.1 Å². The van der Waals surface area contributed by atoms with E-state index >= 15 is 0 Å². The van der Waals surface area contributed by atoms with Gasteiger partial charge in [-0.05, 0) is 56.9 Å². The zero-order chi connectivity index (χ0) is 33.1. The molecule has 1 aromatic carbocycles. The van der Waals surface area contributed by atoms with Gasteiger partial charge in [0.15, 0.2) is 0 Å². The van der Waals surface area contributed by atoms with E-state index in [1.54, 1.807) is 26.9 Å². The fourth-order valence-electron chi connectivity index (χ4n) is 7.76. The van der Waals surface area contributed by atoms with Crippen LogP contribution in [-0.4, -0.2) is 101 Å². The summed E-state index contributed by atoms with van der Waals surface area (Å²) < 4.78 is 6.78. The van der Waals surface area contributed by atoms with Crippen molar-refractivity contribution in [3.63, 3.8) is 0 Å². The number of carbonyl (C=O) groups is 3. The van der Waals surface area contributed by atoms with Crippen molar-refractivity contribution in [2.75, 3.05) is 49.1 Å². The van der Waals surface area contributed by atoms with Gasteiger partial charge in [0, 0.05) is 48.9 Å². The normalized spacial score (nSPS) is 28.0. The summed E-state index contributed by atoms with van der Waals surface area (Å²) in [5.74, 6) is -2.42. The number of fused-ring (bicyclic) bond motifs is 1. The summed E-state index contributed by atoms with van der Waals surface area (Å²) in [6, 6.07) is 6.22. The van der Waals surface area contributed by atoms with Crippen LogP contribution in [0.4, 0.5) is 11.4 Å². The van der Waals surface area contributed by atoms with E-state index in [4.69, 9.17) is 4.74 Å². The molecule has 8 atom stereocenters. The van der Waals surface area contributed by atoms with E-state index in [-0.39, 0.29) is 41.6 Å². The molecule has 45 heavy (non-hydrogen) atoms. The fraction of sp³-hybridized carbons (Fsp3) is 0.629. The predicted octanol–water partition coefficient (Wildman–Crippen LogP) is 4.63. The topological polar surface area (TPSA) is 93.6 Å². The molecule has 3 heterocycles. The third kappa shape index (κ3) is 6.10. The summed E-state index contributed by atoms with van der Waals surface area (Å²) in [6.07, 6.45) is 4.69. The summed E-state index contributed by atoms with van der Waals surface area (Å²) in [5.41, 5.74) is 0.518. The molecule has 3 saturated heterocycles. The molecule has 2 bridgehead atoms. The first-order chi connectivity index (χ1) is 21.6. The lowest BCUT2D eigenvalue weighted by Crippen LogP contribution is -2.60. The number of rotatable bonds is 16. The van der Waals surface area contributed by atoms with Crippen molar-refractivity contribution in [1.29, 1.82) is 0 Å². The van der Waals surface area contributed by atoms with Crippen LogP contribution < -0.4 is 9.80 Å². The smallest absolute Gasteiger partial charge is 0.253 e. The number of alkyl halides is 1. The summed E-state index contributed by atoms with van der Waals surface area (Å²) in [5, 5.41) is 10.7. The Hall–Kier alpha value is -2.69. The fourth-order valence-corrected chi connectivity index (χ4v) is 8.70. The average Bonchev–Trinajstić information content (AvgIpc) is 3.63. The summed E-state index contributed by atoms with van der Waals surface area (Å²) in [7, 11) is 0. The van der Waals surface area contributed by atoms with Crippen LogP contribution in [0, 0.1) is 17.8 Å². The van der Waals surface area contributed by atoms with E-state index in [0.717, 1.165) is 25.2 Å². The van der Waals surface area contributed by atoms with Gasteiger partial charge in [0.25, 0.3) is 5.91 Å². The second-order valence-electron chi connectivity index (χ2n) is 12.5. The van der Waals surface area contributed by atoms with Gasteiger partial charge >= 0.3 is 0 Å². The van der Waals surface area contributed by atoms with Gasteiger partial charge in [0.05, 0.1) is 30.6 Å². The largest absolute Gasteiger partial charge is 0.394 e. The minimum absolute atomic E-state index is 0.0887. The second-order valence-corrected chi connectivity index (χ2v) is 13.7. The SMILES string of the molecule is C=CCN(CCC)C(=O)[C@H]1[C@@H]2OC3(CC2Br)C(C(=O)N(CC=C)c2ccc(N(CC)CC)cc2)N([C@@H](CO)[C@@H](C)CC)C(=O)[C@H]13. The lowest BCUT2D eigenvalue weighted by atomic mass is 9.70. The van der Waals surface area contributed by atoms with Crippen LogP contribution in [0.3, 0.4) is 0 Å². The summed E-state index contributed by atoms with van der Waals surface area (Å²) in [6.45, 7) is 20.5. The molecule has 4 rings (SSSR count). The zero-order valence-corrected chi connectivity index (χ0v) is 29.1. The molecule has 3 fully saturated rings. The van der Waals surface area contributed by atoms with Crippen LogP contribution in [0.25, 0.3) is 0 Å². The molecule has 1 spiro atoms. The van der Waals surface area contributed by atoms with Crippen LogP contribution in [0.1, 0.15) is 53.9 Å².